The first-order valence-electron chi connectivity index (χ1n) is 4.47. The topological polar surface area (TPSA) is 39.9 Å². The predicted octanol–water partition coefficient (Wildman–Crippen LogP) is 2.00. The Kier molecular flexibility index (Phi) is 3.20. The highest BCUT2D eigenvalue weighted by Crippen LogP contribution is 2.15. The van der Waals surface area contributed by atoms with Crippen LogP contribution in [-0.2, 0) is 13.7 Å². The third kappa shape index (κ3) is 2.68. The lowest BCUT2D eigenvalue weighted by Crippen LogP contribution is -2.04. The highest BCUT2D eigenvalue weighted by Gasteiger charge is 2.01. The molecule has 0 aliphatic rings. The molecule has 0 saturated heterocycles. The Balaban J connectivity index is 2.02. The van der Waals surface area contributed by atoms with Gasteiger partial charge in [-0.25, -0.2) is 4.98 Å². The molecule has 1 heterocycles. The zero-order chi connectivity index (χ0) is 10.7. The van der Waals surface area contributed by atoms with Gasteiger partial charge in [-0.1, -0.05) is 6.07 Å². The molecule has 2 aromatic rings. The second-order valence-corrected chi connectivity index (χ2v) is 4.29. The molecule has 2 rings (SSSR count). The van der Waals surface area contributed by atoms with Crippen LogP contribution in [0.1, 0.15) is 5.82 Å². The van der Waals surface area contributed by atoms with Crippen molar-refractivity contribution < 1.29 is 4.74 Å². The average molecular weight is 315 g/mol. The highest BCUT2D eigenvalue weighted by atomic mass is 127. The normalized spacial score (nSPS) is 10.3. The molecule has 1 aromatic heterocycles. The van der Waals surface area contributed by atoms with Crippen LogP contribution in [0.4, 0.5) is 0 Å². The van der Waals surface area contributed by atoms with Crippen molar-refractivity contribution in [2.45, 2.75) is 6.61 Å². The van der Waals surface area contributed by atoms with Crippen LogP contribution in [0.5, 0.6) is 5.75 Å². The molecule has 0 bridgehead atoms. The predicted molar refractivity (Wildman–Crippen MR) is 64.5 cm³/mol. The molecular formula is C10H10IN3O. The summed E-state index contributed by atoms with van der Waals surface area (Å²) in [6.45, 7) is 0.441. The summed E-state index contributed by atoms with van der Waals surface area (Å²) in [5.41, 5.74) is 0. The summed E-state index contributed by atoms with van der Waals surface area (Å²) in [5, 5.41) is 3.97. The Morgan fingerprint density at radius 3 is 3.00 bits per heavy atom. The summed E-state index contributed by atoms with van der Waals surface area (Å²) < 4.78 is 8.44. The number of aromatic nitrogens is 3. The smallest absolute Gasteiger partial charge is 0.164 e. The first kappa shape index (κ1) is 10.4. The Hall–Kier alpha value is -1.11. The molecule has 4 nitrogen and oxygen atoms in total. The van der Waals surface area contributed by atoms with Crippen LogP contribution in [0, 0.1) is 3.57 Å². The number of aryl methyl sites for hydroxylation is 1. The van der Waals surface area contributed by atoms with Crippen LogP contribution in [0.25, 0.3) is 0 Å². The van der Waals surface area contributed by atoms with Gasteiger partial charge >= 0.3 is 0 Å². The van der Waals surface area contributed by atoms with E-state index in [-0.39, 0.29) is 0 Å². The van der Waals surface area contributed by atoms with Gasteiger partial charge in [-0.3, -0.25) is 4.68 Å². The SMILES string of the molecule is Cn1ncnc1COc1cccc(I)c1. The molecule has 0 spiro atoms. The molecule has 0 saturated carbocycles. The second-order valence-electron chi connectivity index (χ2n) is 3.05. The third-order valence-electron chi connectivity index (χ3n) is 1.97. The molecular weight excluding hydrogens is 305 g/mol. The maximum absolute atomic E-state index is 5.58. The number of halogens is 1. The second kappa shape index (κ2) is 4.61. The first-order chi connectivity index (χ1) is 7.25. The van der Waals surface area contributed by atoms with Gasteiger partial charge in [0.1, 0.15) is 18.7 Å². The van der Waals surface area contributed by atoms with Crippen LogP contribution < -0.4 is 4.74 Å². The van der Waals surface area contributed by atoms with Gasteiger partial charge in [-0.2, -0.15) is 5.10 Å². The lowest BCUT2D eigenvalue weighted by atomic mass is 10.3. The van der Waals surface area contributed by atoms with Gasteiger partial charge in [-0.05, 0) is 40.8 Å². The van der Waals surface area contributed by atoms with Crippen LogP contribution >= 0.6 is 22.6 Å². The van der Waals surface area contributed by atoms with E-state index in [4.69, 9.17) is 4.74 Å². The molecule has 0 radical (unpaired) electrons. The zero-order valence-corrected chi connectivity index (χ0v) is 10.4. The minimum absolute atomic E-state index is 0.441. The van der Waals surface area contributed by atoms with E-state index in [1.165, 1.54) is 6.33 Å². The Bertz CT molecular complexity index is 455. The van der Waals surface area contributed by atoms with Gasteiger partial charge in [0.15, 0.2) is 5.82 Å². The zero-order valence-electron chi connectivity index (χ0n) is 8.22. The van der Waals surface area contributed by atoms with Crippen LogP contribution in [-0.4, -0.2) is 14.8 Å². The van der Waals surface area contributed by atoms with Crippen molar-refractivity contribution in [1.82, 2.24) is 14.8 Å². The summed E-state index contributed by atoms with van der Waals surface area (Å²) in [7, 11) is 1.85. The first-order valence-corrected chi connectivity index (χ1v) is 5.55. The van der Waals surface area contributed by atoms with E-state index in [9.17, 15) is 0 Å². The van der Waals surface area contributed by atoms with Crippen molar-refractivity contribution in [3.8, 4) is 5.75 Å². The maximum Gasteiger partial charge on any atom is 0.164 e. The molecule has 0 atom stereocenters. The fourth-order valence-electron chi connectivity index (χ4n) is 1.16. The third-order valence-corrected chi connectivity index (χ3v) is 2.64. The van der Waals surface area contributed by atoms with Crippen LogP contribution in [0.15, 0.2) is 30.6 Å². The lowest BCUT2D eigenvalue weighted by molar-refractivity contribution is 0.289. The van der Waals surface area contributed by atoms with Gasteiger partial charge in [0.2, 0.25) is 0 Å². The number of hydrogen-bond donors (Lipinski definition) is 0. The lowest BCUT2D eigenvalue weighted by Gasteiger charge is -2.05. The number of rotatable bonds is 3. The molecule has 5 heteroatoms. The molecule has 0 fully saturated rings. The Morgan fingerprint density at radius 2 is 2.33 bits per heavy atom. The molecule has 0 aliphatic heterocycles. The summed E-state index contributed by atoms with van der Waals surface area (Å²) in [5.74, 6) is 1.67. The minimum Gasteiger partial charge on any atom is -0.486 e. The van der Waals surface area contributed by atoms with Gasteiger partial charge in [0.25, 0.3) is 0 Å². The van der Waals surface area contributed by atoms with Crippen molar-refractivity contribution in [2.75, 3.05) is 0 Å². The van der Waals surface area contributed by atoms with Crippen molar-refractivity contribution in [3.63, 3.8) is 0 Å². The van der Waals surface area contributed by atoms with E-state index >= 15 is 0 Å². The average Bonchev–Trinajstić information content (AvgIpc) is 2.61. The van der Waals surface area contributed by atoms with Gasteiger partial charge in [0.05, 0.1) is 0 Å². The van der Waals surface area contributed by atoms with Gasteiger partial charge < -0.3 is 4.74 Å². The standard InChI is InChI=1S/C10H10IN3O/c1-14-10(12-7-13-14)6-15-9-4-2-3-8(11)5-9/h2-5,7H,6H2,1H3. The summed E-state index contributed by atoms with van der Waals surface area (Å²) >= 11 is 2.25. The largest absolute Gasteiger partial charge is 0.486 e. The fraction of sp³-hybridized carbons (Fsp3) is 0.200. The number of ether oxygens (including phenoxy) is 1. The molecule has 0 amide bonds. The number of nitrogens with zero attached hydrogens (tertiary/aromatic N) is 3. The number of hydrogen-bond acceptors (Lipinski definition) is 3. The summed E-state index contributed by atoms with van der Waals surface area (Å²) in [6.07, 6.45) is 1.52. The van der Waals surface area contributed by atoms with E-state index in [1.807, 2.05) is 31.3 Å². The van der Waals surface area contributed by atoms with E-state index in [0.717, 1.165) is 15.1 Å². The molecule has 15 heavy (non-hydrogen) atoms. The van der Waals surface area contributed by atoms with Crippen molar-refractivity contribution >= 4 is 22.6 Å². The van der Waals surface area contributed by atoms with Crippen molar-refractivity contribution in [1.29, 1.82) is 0 Å². The number of benzene rings is 1. The molecule has 1 aromatic carbocycles. The van der Waals surface area contributed by atoms with Gasteiger partial charge in [0, 0.05) is 10.6 Å². The Morgan fingerprint density at radius 1 is 1.47 bits per heavy atom. The monoisotopic (exact) mass is 315 g/mol. The van der Waals surface area contributed by atoms with E-state index < -0.39 is 0 Å². The van der Waals surface area contributed by atoms with E-state index in [0.29, 0.717) is 6.61 Å². The van der Waals surface area contributed by atoms with Crippen LogP contribution in [0.2, 0.25) is 0 Å². The van der Waals surface area contributed by atoms with Crippen molar-refractivity contribution in [2.24, 2.45) is 7.05 Å². The van der Waals surface area contributed by atoms with E-state index in [1.54, 1.807) is 4.68 Å². The van der Waals surface area contributed by atoms with Crippen molar-refractivity contribution in [3.05, 3.63) is 40.0 Å². The highest BCUT2D eigenvalue weighted by molar-refractivity contribution is 14.1. The Labute approximate surface area is 101 Å². The van der Waals surface area contributed by atoms with E-state index in [2.05, 4.69) is 32.7 Å². The quantitative estimate of drug-likeness (QED) is 0.814. The summed E-state index contributed by atoms with van der Waals surface area (Å²) in [6, 6.07) is 7.90. The molecule has 0 aliphatic carbocycles. The van der Waals surface area contributed by atoms with Crippen LogP contribution in [0.3, 0.4) is 0 Å². The van der Waals surface area contributed by atoms with Gasteiger partial charge in [-0.15, -0.1) is 0 Å². The maximum atomic E-state index is 5.58. The molecule has 0 unspecified atom stereocenters. The summed E-state index contributed by atoms with van der Waals surface area (Å²) in [4.78, 5) is 4.08. The fourth-order valence-corrected chi connectivity index (χ4v) is 1.67. The molecule has 78 valence electrons. The minimum atomic E-state index is 0.441. The molecule has 0 N–H and O–H groups in total.